The van der Waals surface area contributed by atoms with Gasteiger partial charge in [-0.15, -0.1) is 0 Å². The summed E-state index contributed by atoms with van der Waals surface area (Å²) >= 11 is 0. The molecule has 0 saturated heterocycles. The van der Waals surface area contributed by atoms with Crippen molar-refractivity contribution in [3.63, 3.8) is 0 Å². The lowest BCUT2D eigenvalue weighted by atomic mass is 10.1. The number of carbonyl (C=O) groups excluding carboxylic acids is 1. The molecule has 0 saturated carbocycles. The van der Waals surface area contributed by atoms with Crippen LogP contribution in [0.15, 0.2) is 42.6 Å². The molecule has 2 N–H and O–H groups in total. The highest BCUT2D eigenvalue weighted by Crippen LogP contribution is 2.18. The van der Waals surface area contributed by atoms with E-state index in [1.165, 1.54) is 0 Å². The van der Waals surface area contributed by atoms with Crippen molar-refractivity contribution < 1.29 is 9.53 Å². The van der Waals surface area contributed by atoms with Gasteiger partial charge >= 0.3 is 5.97 Å². The highest BCUT2D eigenvalue weighted by atomic mass is 16.5. The van der Waals surface area contributed by atoms with Crippen molar-refractivity contribution in [1.82, 2.24) is 4.57 Å². The van der Waals surface area contributed by atoms with Crippen molar-refractivity contribution >= 4 is 11.7 Å². The average Bonchev–Trinajstić information content (AvgIpc) is 2.95. The second-order valence-electron chi connectivity index (χ2n) is 5.34. The van der Waals surface area contributed by atoms with Crippen LogP contribution in [0.5, 0.6) is 0 Å². The van der Waals surface area contributed by atoms with Crippen molar-refractivity contribution in [2.45, 2.75) is 19.4 Å². The molecule has 22 heavy (non-hydrogen) atoms. The van der Waals surface area contributed by atoms with Crippen molar-refractivity contribution in [3.8, 4) is 5.69 Å². The summed E-state index contributed by atoms with van der Waals surface area (Å²) in [6, 6.07) is 11.5. The van der Waals surface area contributed by atoms with Gasteiger partial charge in [0, 0.05) is 43.8 Å². The number of ether oxygens (including phenoxy) is 1. The van der Waals surface area contributed by atoms with Gasteiger partial charge in [-0.1, -0.05) is 0 Å². The van der Waals surface area contributed by atoms with Crippen LogP contribution < -0.4 is 10.6 Å². The van der Waals surface area contributed by atoms with Gasteiger partial charge in [0.25, 0.3) is 0 Å². The van der Waals surface area contributed by atoms with E-state index in [0.29, 0.717) is 13.0 Å². The highest BCUT2D eigenvalue weighted by Gasteiger charge is 2.17. The molecular weight excluding hydrogens is 278 g/mol. The molecular formula is C17H23N3O2. The maximum Gasteiger partial charge on any atom is 0.323 e. The number of benzene rings is 1. The summed E-state index contributed by atoms with van der Waals surface area (Å²) in [6.07, 6.45) is 2.42. The second-order valence-corrected chi connectivity index (χ2v) is 5.34. The summed E-state index contributed by atoms with van der Waals surface area (Å²) in [5.74, 6) is -0.363. The van der Waals surface area contributed by atoms with Crippen molar-refractivity contribution in [2.75, 3.05) is 25.6 Å². The molecule has 2 aromatic rings. The standard InChI is InChI=1S/C17H23N3O2/c1-4-22-17(21)16(18)12-15-6-5-11-20(15)14-9-7-13(8-10-14)19(2)3/h5-11,16H,4,12,18H2,1-3H3. The number of nitrogens with zero attached hydrogens (tertiary/aromatic N) is 2. The predicted molar refractivity (Wildman–Crippen MR) is 88.4 cm³/mol. The van der Waals surface area contributed by atoms with Crippen LogP contribution in [-0.4, -0.2) is 37.3 Å². The number of esters is 1. The summed E-state index contributed by atoms with van der Waals surface area (Å²) in [5, 5.41) is 0. The minimum Gasteiger partial charge on any atom is -0.465 e. The van der Waals surface area contributed by atoms with Crippen molar-refractivity contribution in [3.05, 3.63) is 48.3 Å². The zero-order chi connectivity index (χ0) is 16.1. The first kappa shape index (κ1) is 16.1. The Kier molecular flexibility index (Phi) is 5.22. The summed E-state index contributed by atoms with van der Waals surface area (Å²) in [6.45, 7) is 2.12. The van der Waals surface area contributed by atoms with Gasteiger partial charge in [0.05, 0.1) is 6.61 Å². The van der Waals surface area contributed by atoms with E-state index in [1.807, 2.05) is 37.0 Å². The molecule has 1 aromatic carbocycles. The average molecular weight is 301 g/mol. The van der Waals surface area contributed by atoms with Gasteiger partial charge in [-0.3, -0.25) is 4.79 Å². The summed E-state index contributed by atoms with van der Waals surface area (Å²) in [5.41, 5.74) is 9.08. The van der Waals surface area contributed by atoms with Crippen molar-refractivity contribution in [2.24, 2.45) is 5.73 Å². The lowest BCUT2D eigenvalue weighted by Gasteiger charge is -2.15. The number of carbonyl (C=O) groups is 1. The molecule has 0 radical (unpaired) electrons. The fourth-order valence-corrected chi connectivity index (χ4v) is 2.30. The van der Waals surface area contributed by atoms with E-state index >= 15 is 0 Å². The van der Waals surface area contributed by atoms with Crippen LogP contribution in [0.1, 0.15) is 12.6 Å². The Hall–Kier alpha value is -2.27. The summed E-state index contributed by atoms with van der Waals surface area (Å²) < 4.78 is 7.00. The number of aromatic nitrogens is 1. The third-order valence-electron chi connectivity index (χ3n) is 3.50. The Labute approximate surface area is 131 Å². The summed E-state index contributed by atoms with van der Waals surface area (Å²) in [4.78, 5) is 13.7. The van der Waals surface area contributed by atoms with Crippen LogP contribution in [-0.2, 0) is 16.0 Å². The normalized spacial score (nSPS) is 12.0. The van der Waals surface area contributed by atoms with E-state index in [2.05, 4.69) is 29.2 Å². The number of anilines is 1. The first-order chi connectivity index (χ1) is 10.5. The van der Waals surface area contributed by atoms with Crippen LogP contribution in [0.2, 0.25) is 0 Å². The molecule has 5 heteroatoms. The third-order valence-corrected chi connectivity index (χ3v) is 3.50. The molecule has 1 atom stereocenters. The van der Waals surface area contributed by atoms with Gasteiger partial charge in [0.2, 0.25) is 0 Å². The monoisotopic (exact) mass is 301 g/mol. The smallest absolute Gasteiger partial charge is 0.323 e. The van der Waals surface area contributed by atoms with Gasteiger partial charge in [0.15, 0.2) is 0 Å². The molecule has 1 aromatic heterocycles. The zero-order valence-electron chi connectivity index (χ0n) is 13.3. The largest absolute Gasteiger partial charge is 0.465 e. The minimum absolute atomic E-state index is 0.347. The lowest BCUT2D eigenvalue weighted by molar-refractivity contribution is -0.144. The number of nitrogens with two attached hydrogens (primary N) is 1. The second kappa shape index (κ2) is 7.13. The molecule has 5 nitrogen and oxygen atoms in total. The Balaban J connectivity index is 2.17. The van der Waals surface area contributed by atoms with Crippen molar-refractivity contribution in [1.29, 1.82) is 0 Å². The van der Waals surface area contributed by atoms with Crippen LogP contribution in [0.4, 0.5) is 5.69 Å². The molecule has 0 fully saturated rings. The Bertz CT molecular complexity index is 617. The van der Waals surface area contributed by atoms with Crippen LogP contribution in [0.25, 0.3) is 5.69 Å². The van der Waals surface area contributed by atoms with E-state index in [9.17, 15) is 4.79 Å². The topological polar surface area (TPSA) is 60.5 Å². The number of rotatable bonds is 6. The molecule has 2 rings (SSSR count). The van der Waals surface area contributed by atoms with E-state index in [0.717, 1.165) is 17.1 Å². The maximum absolute atomic E-state index is 11.7. The predicted octanol–water partition coefficient (Wildman–Crippen LogP) is 1.98. The van der Waals surface area contributed by atoms with E-state index in [4.69, 9.17) is 10.5 Å². The lowest BCUT2D eigenvalue weighted by Crippen LogP contribution is -2.34. The molecule has 0 aliphatic rings. The molecule has 0 spiro atoms. The maximum atomic E-state index is 11.7. The molecule has 118 valence electrons. The van der Waals surface area contributed by atoms with Gasteiger partial charge in [-0.25, -0.2) is 0 Å². The van der Waals surface area contributed by atoms with E-state index in [-0.39, 0.29) is 5.97 Å². The first-order valence-electron chi connectivity index (χ1n) is 7.39. The van der Waals surface area contributed by atoms with Gasteiger partial charge in [-0.2, -0.15) is 0 Å². The fraction of sp³-hybridized carbons (Fsp3) is 0.353. The molecule has 1 unspecified atom stereocenters. The van der Waals surface area contributed by atoms with Gasteiger partial charge in [0.1, 0.15) is 6.04 Å². The fourth-order valence-electron chi connectivity index (χ4n) is 2.30. The van der Waals surface area contributed by atoms with E-state index in [1.54, 1.807) is 6.92 Å². The highest BCUT2D eigenvalue weighted by molar-refractivity contribution is 5.75. The number of hydrogen-bond acceptors (Lipinski definition) is 4. The van der Waals surface area contributed by atoms with Crippen LogP contribution >= 0.6 is 0 Å². The number of hydrogen-bond donors (Lipinski definition) is 1. The van der Waals surface area contributed by atoms with Gasteiger partial charge in [-0.05, 0) is 43.3 Å². The summed E-state index contributed by atoms with van der Waals surface area (Å²) in [7, 11) is 4.02. The quantitative estimate of drug-likeness (QED) is 0.829. The minimum atomic E-state index is -0.644. The third kappa shape index (κ3) is 3.68. The molecule has 0 bridgehead atoms. The molecule has 0 aliphatic heterocycles. The first-order valence-corrected chi connectivity index (χ1v) is 7.39. The Morgan fingerprint density at radius 2 is 1.95 bits per heavy atom. The SMILES string of the molecule is CCOC(=O)C(N)Cc1cccn1-c1ccc(N(C)C)cc1. The zero-order valence-corrected chi connectivity index (χ0v) is 13.3. The van der Waals surface area contributed by atoms with Crippen LogP contribution in [0.3, 0.4) is 0 Å². The molecule has 0 aliphatic carbocycles. The Morgan fingerprint density at radius 3 is 2.55 bits per heavy atom. The molecule has 1 heterocycles. The molecule has 0 amide bonds. The van der Waals surface area contributed by atoms with Crippen LogP contribution in [0, 0.1) is 0 Å². The van der Waals surface area contributed by atoms with Gasteiger partial charge < -0.3 is 19.9 Å². The Morgan fingerprint density at radius 1 is 1.27 bits per heavy atom. The van der Waals surface area contributed by atoms with E-state index < -0.39 is 6.04 Å².